The highest BCUT2D eigenvalue weighted by molar-refractivity contribution is 6.06. The summed E-state index contributed by atoms with van der Waals surface area (Å²) < 4.78 is 9.83. The second kappa shape index (κ2) is 7.40. The topological polar surface area (TPSA) is 85.7 Å². The lowest BCUT2D eigenvalue weighted by Crippen LogP contribution is -2.15. The quantitative estimate of drug-likeness (QED) is 0.854. The van der Waals surface area contributed by atoms with Gasteiger partial charge < -0.3 is 14.6 Å². The van der Waals surface area contributed by atoms with Gasteiger partial charge in [0.2, 0.25) is 0 Å². The lowest BCUT2D eigenvalue weighted by Gasteiger charge is -2.12. The fraction of sp³-hybridized carbons (Fsp3) is 0.235. The highest BCUT2D eigenvalue weighted by atomic mass is 16.5. The molecule has 23 heavy (non-hydrogen) atoms. The molecule has 0 bridgehead atoms. The standard InChI is InChI=1S/C17H17NO5/c1-3-22-16(20)12-10-18-14(11-8-6-5-7-9-11)15(19)13(12)17(21)23-4-2/h5-10,19H,3-4H2,1-2H3. The van der Waals surface area contributed by atoms with E-state index in [4.69, 9.17) is 9.47 Å². The van der Waals surface area contributed by atoms with Crippen LogP contribution in [0.4, 0.5) is 0 Å². The minimum atomic E-state index is -0.798. The Morgan fingerprint density at radius 3 is 2.26 bits per heavy atom. The van der Waals surface area contributed by atoms with E-state index in [0.717, 1.165) is 0 Å². The molecule has 0 aliphatic rings. The summed E-state index contributed by atoms with van der Waals surface area (Å²) in [6, 6.07) is 8.85. The minimum absolute atomic E-state index is 0.115. The monoisotopic (exact) mass is 315 g/mol. The number of esters is 2. The van der Waals surface area contributed by atoms with E-state index < -0.39 is 17.7 Å². The predicted octanol–water partition coefficient (Wildman–Crippen LogP) is 2.81. The van der Waals surface area contributed by atoms with Crippen molar-refractivity contribution >= 4 is 11.9 Å². The van der Waals surface area contributed by atoms with Crippen molar-refractivity contribution in [3.63, 3.8) is 0 Å². The summed E-state index contributed by atoms with van der Waals surface area (Å²) >= 11 is 0. The van der Waals surface area contributed by atoms with Gasteiger partial charge in [-0.1, -0.05) is 30.3 Å². The van der Waals surface area contributed by atoms with Gasteiger partial charge >= 0.3 is 11.9 Å². The summed E-state index contributed by atoms with van der Waals surface area (Å²) in [5, 5.41) is 10.5. The first-order valence-electron chi connectivity index (χ1n) is 7.21. The average molecular weight is 315 g/mol. The Hall–Kier alpha value is -2.89. The van der Waals surface area contributed by atoms with Crippen LogP contribution in [0, 0.1) is 0 Å². The average Bonchev–Trinajstić information content (AvgIpc) is 2.55. The zero-order valence-electron chi connectivity index (χ0n) is 12.9. The molecular formula is C17H17NO5. The molecule has 2 rings (SSSR count). The van der Waals surface area contributed by atoms with Crippen LogP contribution in [0.25, 0.3) is 11.3 Å². The fourth-order valence-electron chi connectivity index (χ4n) is 2.08. The van der Waals surface area contributed by atoms with Crippen LogP contribution < -0.4 is 0 Å². The number of carbonyl (C=O) groups excluding carboxylic acids is 2. The molecule has 0 fully saturated rings. The lowest BCUT2D eigenvalue weighted by atomic mass is 10.0. The molecule has 0 aliphatic carbocycles. The Morgan fingerprint density at radius 1 is 1.04 bits per heavy atom. The molecule has 0 saturated heterocycles. The SMILES string of the molecule is CCOC(=O)c1cnc(-c2ccccc2)c(O)c1C(=O)OCC. The smallest absolute Gasteiger partial charge is 0.342 e. The molecular weight excluding hydrogens is 298 g/mol. The van der Waals surface area contributed by atoms with Crippen LogP contribution in [-0.4, -0.2) is 35.2 Å². The Bertz CT molecular complexity index is 712. The Morgan fingerprint density at radius 2 is 1.65 bits per heavy atom. The summed E-state index contributed by atoms with van der Waals surface area (Å²) in [4.78, 5) is 28.3. The minimum Gasteiger partial charge on any atom is -0.505 e. The zero-order valence-corrected chi connectivity index (χ0v) is 12.9. The van der Waals surface area contributed by atoms with E-state index >= 15 is 0 Å². The summed E-state index contributed by atoms with van der Waals surface area (Å²) in [6.07, 6.45) is 1.21. The molecule has 0 unspecified atom stereocenters. The van der Waals surface area contributed by atoms with Crippen LogP contribution in [0.2, 0.25) is 0 Å². The van der Waals surface area contributed by atoms with E-state index in [2.05, 4.69) is 4.98 Å². The molecule has 0 atom stereocenters. The van der Waals surface area contributed by atoms with Crippen molar-refractivity contribution in [2.75, 3.05) is 13.2 Å². The first kappa shape index (κ1) is 16.5. The third-order valence-corrected chi connectivity index (χ3v) is 3.08. The molecule has 0 spiro atoms. The van der Waals surface area contributed by atoms with Gasteiger partial charge in [0.15, 0.2) is 5.75 Å². The summed E-state index contributed by atoms with van der Waals surface area (Å²) in [5.74, 6) is -1.94. The van der Waals surface area contributed by atoms with Crippen molar-refractivity contribution in [2.24, 2.45) is 0 Å². The number of pyridine rings is 1. The Labute approximate surface area is 133 Å². The van der Waals surface area contributed by atoms with Crippen LogP contribution in [0.15, 0.2) is 36.5 Å². The van der Waals surface area contributed by atoms with Crippen molar-refractivity contribution < 1.29 is 24.2 Å². The van der Waals surface area contributed by atoms with E-state index in [1.807, 2.05) is 6.07 Å². The largest absolute Gasteiger partial charge is 0.505 e. The number of hydrogen-bond acceptors (Lipinski definition) is 6. The highest BCUT2D eigenvalue weighted by Gasteiger charge is 2.26. The normalized spacial score (nSPS) is 10.2. The van der Waals surface area contributed by atoms with Crippen molar-refractivity contribution in [1.82, 2.24) is 4.98 Å². The third kappa shape index (κ3) is 3.48. The predicted molar refractivity (Wildman–Crippen MR) is 83.3 cm³/mol. The summed E-state index contributed by atoms with van der Waals surface area (Å²) in [7, 11) is 0. The molecule has 0 aliphatic heterocycles. The molecule has 2 aromatic rings. The van der Waals surface area contributed by atoms with Gasteiger partial charge in [0.25, 0.3) is 0 Å². The van der Waals surface area contributed by atoms with Gasteiger partial charge in [0.05, 0.1) is 18.8 Å². The number of ether oxygens (including phenoxy) is 2. The zero-order chi connectivity index (χ0) is 16.8. The molecule has 1 N–H and O–H groups in total. The fourth-order valence-corrected chi connectivity index (χ4v) is 2.08. The molecule has 6 heteroatoms. The molecule has 1 heterocycles. The maximum atomic E-state index is 12.2. The van der Waals surface area contributed by atoms with E-state index in [9.17, 15) is 14.7 Å². The number of rotatable bonds is 5. The third-order valence-electron chi connectivity index (χ3n) is 3.08. The molecule has 120 valence electrons. The van der Waals surface area contributed by atoms with Gasteiger partial charge in [-0.05, 0) is 13.8 Å². The first-order chi connectivity index (χ1) is 11.1. The molecule has 0 saturated carbocycles. The molecule has 1 aromatic carbocycles. The Kier molecular flexibility index (Phi) is 5.30. The van der Waals surface area contributed by atoms with Gasteiger partial charge in [0.1, 0.15) is 11.3 Å². The highest BCUT2D eigenvalue weighted by Crippen LogP contribution is 2.32. The van der Waals surface area contributed by atoms with E-state index in [1.165, 1.54) is 6.20 Å². The van der Waals surface area contributed by atoms with Gasteiger partial charge in [-0.3, -0.25) is 4.98 Å². The number of aromatic hydroxyl groups is 1. The summed E-state index contributed by atoms with van der Waals surface area (Å²) in [5.41, 5.74) is 0.453. The van der Waals surface area contributed by atoms with Crippen LogP contribution in [0.5, 0.6) is 5.75 Å². The van der Waals surface area contributed by atoms with Crippen molar-refractivity contribution in [1.29, 1.82) is 0 Å². The van der Waals surface area contributed by atoms with Crippen LogP contribution in [-0.2, 0) is 9.47 Å². The van der Waals surface area contributed by atoms with Gasteiger partial charge in [-0.25, -0.2) is 9.59 Å². The number of carbonyl (C=O) groups is 2. The van der Waals surface area contributed by atoms with Crippen molar-refractivity contribution in [3.05, 3.63) is 47.7 Å². The number of hydrogen-bond donors (Lipinski definition) is 1. The van der Waals surface area contributed by atoms with Crippen LogP contribution in [0.1, 0.15) is 34.6 Å². The second-order valence-corrected chi connectivity index (χ2v) is 4.55. The maximum Gasteiger partial charge on any atom is 0.342 e. The number of nitrogens with zero attached hydrogens (tertiary/aromatic N) is 1. The van der Waals surface area contributed by atoms with Gasteiger partial charge in [-0.2, -0.15) is 0 Å². The number of benzene rings is 1. The maximum absolute atomic E-state index is 12.2. The van der Waals surface area contributed by atoms with E-state index in [-0.39, 0.29) is 30.0 Å². The van der Waals surface area contributed by atoms with Gasteiger partial charge in [-0.15, -0.1) is 0 Å². The molecule has 0 amide bonds. The molecule has 6 nitrogen and oxygen atoms in total. The van der Waals surface area contributed by atoms with Crippen LogP contribution in [0.3, 0.4) is 0 Å². The Balaban J connectivity index is 2.60. The van der Waals surface area contributed by atoms with Gasteiger partial charge in [0, 0.05) is 11.8 Å². The lowest BCUT2D eigenvalue weighted by molar-refractivity contribution is 0.0475. The summed E-state index contributed by atoms with van der Waals surface area (Å²) in [6.45, 7) is 3.54. The van der Waals surface area contributed by atoms with Crippen molar-refractivity contribution in [3.8, 4) is 17.0 Å². The first-order valence-corrected chi connectivity index (χ1v) is 7.21. The molecule has 1 aromatic heterocycles. The van der Waals surface area contributed by atoms with E-state index in [0.29, 0.717) is 5.56 Å². The molecule has 0 radical (unpaired) electrons. The van der Waals surface area contributed by atoms with Crippen LogP contribution >= 0.6 is 0 Å². The number of aromatic nitrogens is 1. The van der Waals surface area contributed by atoms with E-state index in [1.54, 1.807) is 38.1 Å². The second-order valence-electron chi connectivity index (χ2n) is 4.55. The van der Waals surface area contributed by atoms with Crippen molar-refractivity contribution in [2.45, 2.75) is 13.8 Å².